The van der Waals surface area contributed by atoms with Crippen LogP contribution in [0.4, 0.5) is 4.79 Å². The van der Waals surface area contributed by atoms with Crippen molar-refractivity contribution >= 4 is 34.8 Å². The molecule has 0 saturated heterocycles. The number of ether oxygens (including phenoxy) is 2. The molecule has 0 aliphatic heterocycles. The Labute approximate surface area is 240 Å². The quantitative estimate of drug-likeness (QED) is 0.262. The van der Waals surface area contributed by atoms with Crippen molar-refractivity contribution in [3.05, 3.63) is 71.9 Å². The zero-order chi connectivity index (χ0) is 30.2. The molecule has 0 saturated carbocycles. The zero-order valence-corrected chi connectivity index (χ0v) is 24.4. The van der Waals surface area contributed by atoms with Gasteiger partial charge in [0.2, 0.25) is 11.8 Å². The standard InChI is InChI=1S/C31H40N4O6/c1-19(2)26(29(38)40-6)35-28(37)25(17-21-18-32-23-15-11-10-14-22(21)23)33-27(36)24(16-20-12-8-7-9-13-20)34-30(39)41-31(3,4)5/h7-15,18-19,24-26,32H,16-17H2,1-6H3,(H,33,36)(H,34,39)(H,35,37)/t24-,25-,26+/m0/s1. The van der Waals surface area contributed by atoms with E-state index in [1.807, 2.05) is 54.6 Å². The number of amides is 3. The van der Waals surface area contributed by atoms with Gasteiger partial charge in [-0.05, 0) is 43.9 Å². The Bertz CT molecular complexity index is 1350. The van der Waals surface area contributed by atoms with E-state index in [4.69, 9.17) is 9.47 Å². The number of fused-ring (bicyclic) bond motifs is 1. The van der Waals surface area contributed by atoms with Gasteiger partial charge in [0.15, 0.2) is 0 Å². The minimum Gasteiger partial charge on any atom is -0.467 e. The van der Waals surface area contributed by atoms with Gasteiger partial charge in [-0.15, -0.1) is 0 Å². The van der Waals surface area contributed by atoms with Crippen molar-refractivity contribution in [2.45, 2.75) is 71.2 Å². The minimum atomic E-state index is -1.06. The molecule has 0 aliphatic carbocycles. The molecule has 220 valence electrons. The Balaban J connectivity index is 1.90. The summed E-state index contributed by atoms with van der Waals surface area (Å²) >= 11 is 0. The number of rotatable bonds is 11. The normalized spacial score (nSPS) is 13.6. The molecular formula is C31H40N4O6. The average Bonchev–Trinajstić information content (AvgIpc) is 3.32. The van der Waals surface area contributed by atoms with Gasteiger partial charge in [-0.3, -0.25) is 9.59 Å². The van der Waals surface area contributed by atoms with Gasteiger partial charge in [-0.25, -0.2) is 9.59 Å². The van der Waals surface area contributed by atoms with E-state index in [1.54, 1.807) is 40.8 Å². The number of esters is 1. The topological polar surface area (TPSA) is 139 Å². The van der Waals surface area contributed by atoms with Crippen LogP contribution in [0, 0.1) is 5.92 Å². The van der Waals surface area contributed by atoms with Crippen LogP contribution in [0.25, 0.3) is 10.9 Å². The molecule has 4 N–H and O–H groups in total. The highest BCUT2D eigenvalue weighted by atomic mass is 16.6. The molecule has 3 rings (SSSR count). The molecule has 1 heterocycles. The third-order valence-electron chi connectivity index (χ3n) is 6.44. The summed E-state index contributed by atoms with van der Waals surface area (Å²) in [5.74, 6) is -1.96. The third-order valence-corrected chi connectivity index (χ3v) is 6.44. The van der Waals surface area contributed by atoms with Gasteiger partial charge < -0.3 is 30.4 Å². The van der Waals surface area contributed by atoms with E-state index < -0.39 is 47.6 Å². The number of hydrogen-bond acceptors (Lipinski definition) is 6. The monoisotopic (exact) mass is 564 g/mol. The molecule has 0 radical (unpaired) electrons. The second-order valence-electron chi connectivity index (χ2n) is 11.3. The number of para-hydroxylation sites is 1. The van der Waals surface area contributed by atoms with E-state index in [-0.39, 0.29) is 18.8 Å². The fourth-order valence-electron chi connectivity index (χ4n) is 4.39. The third kappa shape index (κ3) is 9.09. The summed E-state index contributed by atoms with van der Waals surface area (Å²) < 4.78 is 10.3. The molecule has 3 amide bonds. The highest BCUT2D eigenvalue weighted by Crippen LogP contribution is 2.20. The summed E-state index contributed by atoms with van der Waals surface area (Å²) in [4.78, 5) is 55.5. The molecule has 0 fully saturated rings. The molecule has 3 atom stereocenters. The Hall–Kier alpha value is -4.34. The first-order chi connectivity index (χ1) is 19.4. The first-order valence-electron chi connectivity index (χ1n) is 13.6. The Morgan fingerprint density at radius 2 is 1.44 bits per heavy atom. The Morgan fingerprint density at radius 1 is 0.829 bits per heavy atom. The second kappa shape index (κ2) is 13.8. The number of aromatic nitrogens is 1. The van der Waals surface area contributed by atoms with Crippen molar-refractivity contribution in [2.75, 3.05) is 7.11 Å². The number of methoxy groups -OCH3 is 1. The number of H-pyrrole nitrogens is 1. The number of aromatic amines is 1. The van der Waals surface area contributed by atoms with E-state index in [2.05, 4.69) is 20.9 Å². The highest BCUT2D eigenvalue weighted by molar-refractivity contribution is 5.94. The fourth-order valence-corrected chi connectivity index (χ4v) is 4.39. The molecule has 1 aromatic heterocycles. The van der Waals surface area contributed by atoms with Crippen LogP contribution in [0.15, 0.2) is 60.8 Å². The van der Waals surface area contributed by atoms with Gasteiger partial charge in [0.1, 0.15) is 23.7 Å². The Kier molecular flexibility index (Phi) is 10.5. The van der Waals surface area contributed by atoms with E-state index in [0.29, 0.717) is 0 Å². The van der Waals surface area contributed by atoms with Crippen LogP contribution in [0.5, 0.6) is 0 Å². The zero-order valence-electron chi connectivity index (χ0n) is 24.4. The first kappa shape index (κ1) is 31.2. The van der Waals surface area contributed by atoms with Crippen molar-refractivity contribution in [1.29, 1.82) is 0 Å². The van der Waals surface area contributed by atoms with E-state index in [0.717, 1.165) is 22.0 Å². The number of carbonyl (C=O) groups is 4. The number of benzene rings is 2. The van der Waals surface area contributed by atoms with Gasteiger partial charge in [0.05, 0.1) is 7.11 Å². The maximum Gasteiger partial charge on any atom is 0.408 e. The lowest BCUT2D eigenvalue weighted by molar-refractivity contribution is -0.146. The molecule has 0 aliphatic rings. The summed E-state index contributed by atoms with van der Waals surface area (Å²) in [7, 11) is 1.26. The number of carbonyl (C=O) groups excluding carboxylic acids is 4. The maximum atomic E-state index is 13.7. The number of nitrogens with one attached hydrogen (secondary N) is 4. The van der Waals surface area contributed by atoms with Crippen LogP contribution in [-0.2, 0) is 36.7 Å². The van der Waals surface area contributed by atoms with Gasteiger partial charge in [0.25, 0.3) is 0 Å². The predicted molar refractivity (Wildman–Crippen MR) is 156 cm³/mol. The fraction of sp³-hybridized carbons (Fsp3) is 0.419. The van der Waals surface area contributed by atoms with Crippen molar-refractivity contribution in [2.24, 2.45) is 5.92 Å². The molecule has 10 nitrogen and oxygen atoms in total. The van der Waals surface area contributed by atoms with E-state index >= 15 is 0 Å². The van der Waals surface area contributed by atoms with Gasteiger partial charge in [-0.2, -0.15) is 0 Å². The van der Waals surface area contributed by atoms with Crippen LogP contribution in [0.2, 0.25) is 0 Å². The van der Waals surface area contributed by atoms with E-state index in [9.17, 15) is 19.2 Å². The first-order valence-corrected chi connectivity index (χ1v) is 13.6. The molecular weight excluding hydrogens is 524 g/mol. The van der Waals surface area contributed by atoms with E-state index in [1.165, 1.54) is 7.11 Å². The molecule has 2 aromatic carbocycles. The smallest absolute Gasteiger partial charge is 0.408 e. The molecule has 0 bridgehead atoms. The Morgan fingerprint density at radius 3 is 2.07 bits per heavy atom. The van der Waals surface area contributed by atoms with Crippen molar-refractivity contribution in [3.63, 3.8) is 0 Å². The summed E-state index contributed by atoms with van der Waals surface area (Å²) in [6, 6.07) is 13.8. The van der Waals surface area contributed by atoms with Crippen molar-refractivity contribution < 1.29 is 28.7 Å². The van der Waals surface area contributed by atoms with Crippen LogP contribution < -0.4 is 16.0 Å². The maximum absolute atomic E-state index is 13.7. The molecule has 10 heteroatoms. The molecule has 41 heavy (non-hydrogen) atoms. The van der Waals surface area contributed by atoms with Crippen LogP contribution in [0.1, 0.15) is 45.7 Å². The SMILES string of the molecule is COC(=O)[C@H](NC(=O)[C@H](Cc1c[nH]c2ccccc12)NC(=O)[C@H](Cc1ccccc1)NC(=O)OC(C)(C)C)C(C)C. The summed E-state index contributed by atoms with van der Waals surface area (Å²) in [5.41, 5.74) is 1.73. The average molecular weight is 565 g/mol. The van der Waals surface area contributed by atoms with Crippen molar-refractivity contribution in [3.8, 4) is 0 Å². The minimum absolute atomic E-state index is 0.137. The largest absolute Gasteiger partial charge is 0.467 e. The lowest BCUT2D eigenvalue weighted by atomic mass is 10.00. The summed E-state index contributed by atoms with van der Waals surface area (Å²) in [6.07, 6.45) is 1.34. The number of hydrogen-bond donors (Lipinski definition) is 4. The van der Waals surface area contributed by atoms with Gasteiger partial charge in [-0.1, -0.05) is 62.4 Å². The summed E-state index contributed by atoms with van der Waals surface area (Å²) in [5, 5.41) is 9.12. The highest BCUT2D eigenvalue weighted by Gasteiger charge is 2.32. The van der Waals surface area contributed by atoms with Crippen LogP contribution in [-0.4, -0.2) is 59.7 Å². The van der Waals surface area contributed by atoms with Crippen molar-refractivity contribution in [1.82, 2.24) is 20.9 Å². The number of alkyl carbamates (subject to hydrolysis) is 1. The van der Waals surface area contributed by atoms with Crippen LogP contribution in [0.3, 0.4) is 0 Å². The summed E-state index contributed by atoms with van der Waals surface area (Å²) in [6.45, 7) is 8.76. The molecule has 0 unspecified atom stereocenters. The lowest BCUT2D eigenvalue weighted by Gasteiger charge is -2.27. The second-order valence-corrected chi connectivity index (χ2v) is 11.3. The molecule has 3 aromatic rings. The van der Waals surface area contributed by atoms with Gasteiger partial charge in [0, 0.05) is 29.9 Å². The molecule has 0 spiro atoms. The lowest BCUT2D eigenvalue weighted by Crippen LogP contribution is -2.57. The van der Waals surface area contributed by atoms with Crippen LogP contribution >= 0.6 is 0 Å². The van der Waals surface area contributed by atoms with Gasteiger partial charge >= 0.3 is 12.1 Å². The predicted octanol–water partition coefficient (Wildman–Crippen LogP) is 3.65.